The topological polar surface area (TPSA) is 80.5 Å². The van der Waals surface area contributed by atoms with Gasteiger partial charge in [0.25, 0.3) is 17.4 Å². The molecule has 6 heteroatoms. The average molecular weight is 384 g/mol. The fourth-order valence-corrected chi connectivity index (χ4v) is 3.32. The van der Waals surface area contributed by atoms with E-state index in [0.29, 0.717) is 22.4 Å². The molecule has 1 aliphatic rings. The Balaban J connectivity index is 1.62. The number of amides is 1. The van der Waals surface area contributed by atoms with Gasteiger partial charge in [-0.1, -0.05) is 60.7 Å². The second-order valence-electron chi connectivity index (χ2n) is 6.60. The number of hydrogen-bond donors (Lipinski definition) is 0. The Hall–Kier alpha value is -4.06. The Kier molecular flexibility index (Phi) is 4.75. The predicted molar refractivity (Wildman–Crippen MR) is 111 cm³/mol. The summed E-state index contributed by atoms with van der Waals surface area (Å²) in [6.45, 7) is 0.280. The number of carbonyl (C=O) groups excluding carboxylic acids is 2. The number of nitro groups is 1. The first-order chi connectivity index (χ1) is 14.0. The van der Waals surface area contributed by atoms with E-state index in [1.54, 1.807) is 30.3 Å². The molecule has 29 heavy (non-hydrogen) atoms. The number of carbonyl (C=O) groups is 2. The lowest BCUT2D eigenvalue weighted by molar-refractivity contribution is -0.384. The SMILES string of the molecule is O=C1C(=O)N(CC=Cc2ccccc2)c2ccc(-c3cccc([N+](=O)[O-])c3)cc21. The summed E-state index contributed by atoms with van der Waals surface area (Å²) in [7, 11) is 0. The third-order valence-electron chi connectivity index (χ3n) is 4.76. The molecule has 0 saturated heterocycles. The van der Waals surface area contributed by atoms with Crippen molar-refractivity contribution in [3.05, 3.63) is 100 Å². The number of benzene rings is 3. The molecule has 0 bridgehead atoms. The fraction of sp³-hybridized carbons (Fsp3) is 0.0435. The van der Waals surface area contributed by atoms with E-state index in [0.717, 1.165) is 5.56 Å². The van der Waals surface area contributed by atoms with Gasteiger partial charge in [-0.3, -0.25) is 19.7 Å². The van der Waals surface area contributed by atoms with Gasteiger partial charge in [-0.25, -0.2) is 0 Å². The van der Waals surface area contributed by atoms with Crippen LogP contribution in [0.15, 0.2) is 78.9 Å². The fourth-order valence-electron chi connectivity index (χ4n) is 3.32. The van der Waals surface area contributed by atoms with Crippen LogP contribution < -0.4 is 4.90 Å². The zero-order valence-corrected chi connectivity index (χ0v) is 15.3. The van der Waals surface area contributed by atoms with Gasteiger partial charge in [0.05, 0.1) is 16.2 Å². The molecule has 6 nitrogen and oxygen atoms in total. The van der Waals surface area contributed by atoms with Crippen molar-refractivity contribution < 1.29 is 14.5 Å². The first-order valence-corrected chi connectivity index (χ1v) is 9.01. The number of fused-ring (bicyclic) bond motifs is 1. The number of ketones is 1. The maximum Gasteiger partial charge on any atom is 0.299 e. The molecule has 0 saturated carbocycles. The van der Waals surface area contributed by atoms with E-state index in [9.17, 15) is 19.7 Å². The van der Waals surface area contributed by atoms with Crippen LogP contribution in [0.5, 0.6) is 0 Å². The second kappa shape index (κ2) is 7.52. The molecule has 0 unspecified atom stereocenters. The van der Waals surface area contributed by atoms with Crippen LogP contribution in [-0.2, 0) is 4.79 Å². The molecule has 1 amide bonds. The highest BCUT2D eigenvalue weighted by Crippen LogP contribution is 2.33. The Morgan fingerprint density at radius 2 is 1.66 bits per heavy atom. The molecule has 142 valence electrons. The Morgan fingerprint density at radius 1 is 0.897 bits per heavy atom. The summed E-state index contributed by atoms with van der Waals surface area (Å²) in [5.74, 6) is -1.14. The zero-order chi connectivity index (χ0) is 20.4. The number of non-ortho nitro benzene ring substituents is 1. The third-order valence-corrected chi connectivity index (χ3v) is 4.76. The van der Waals surface area contributed by atoms with Crippen LogP contribution in [0.4, 0.5) is 11.4 Å². The molecular weight excluding hydrogens is 368 g/mol. The van der Waals surface area contributed by atoms with E-state index in [-0.39, 0.29) is 12.2 Å². The molecule has 4 rings (SSSR count). The summed E-state index contributed by atoms with van der Waals surface area (Å²) in [5, 5.41) is 11.0. The highest BCUT2D eigenvalue weighted by atomic mass is 16.6. The van der Waals surface area contributed by atoms with Gasteiger partial charge in [0.2, 0.25) is 0 Å². The van der Waals surface area contributed by atoms with Crippen molar-refractivity contribution in [2.45, 2.75) is 0 Å². The first-order valence-electron chi connectivity index (χ1n) is 9.01. The number of nitrogens with zero attached hydrogens (tertiary/aromatic N) is 2. The minimum absolute atomic E-state index is 0.0296. The largest absolute Gasteiger partial charge is 0.301 e. The van der Waals surface area contributed by atoms with Crippen molar-refractivity contribution in [2.24, 2.45) is 0 Å². The summed E-state index contributed by atoms with van der Waals surface area (Å²) in [6.07, 6.45) is 3.73. The molecular formula is C23H16N2O4. The van der Waals surface area contributed by atoms with Gasteiger partial charge in [-0.05, 0) is 28.8 Å². The van der Waals surface area contributed by atoms with Crippen molar-refractivity contribution in [1.29, 1.82) is 0 Å². The minimum atomic E-state index is -0.575. The van der Waals surface area contributed by atoms with Gasteiger partial charge in [0.15, 0.2) is 0 Å². The van der Waals surface area contributed by atoms with E-state index < -0.39 is 16.6 Å². The highest BCUT2D eigenvalue weighted by Gasteiger charge is 2.35. The molecule has 3 aromatic carbocycles. The normalized spacial score (nSPS) is 13.2. The smallest absolute Gasteiger partial charge is 0.299 e. The number of hydrogen-bond acceptors (Lipinski definition) is 4. The van der Waals surface area contributed by atoms with Crippen LogP contribution in [0.2, 0.25) is 0 Å². The maximum atomic E-state index is 12.5. The number of rotatable bonds is 5. The lowest BCUT2D eigenvalue weighted by Crippen LogP contribution is -2.29. The van der Waals surface area contributed by atoms with Gasteiger partial charge in [-0.2, -0.15) is 0 Å². The summed E-state index contributed by atoms with van der Waals surface area (Å²) < 4.78 is 0. The summed E-state index contributed by atoms with van der Waals surface area (Å²) in [5.41, 5.74) is 3.10. The van der Waals surface area contributed by atoms with Crippen LogP contribution in [0.25, 0.3) is 17.2 Å². The van der Waals surface area contributed by atoms with Crippen LogP contribution >= 0.6 is 0 Å². The van der Waals surface area contributed by atoms with Crippen LogP contribution in [-0.4, -0.2) is 23.2 Å². The van der Waals surface area contributed by atoms with Gasteiger partial charge < -0.3 is 4.90 Å². The molecule has 1 aliphatic heterocycles. The summed E-state index contributed by atoms with van der Waals surface area (Å²) >= 11 is 0. The van der Waals surface area contributed by atoms with E-state index in [4.69, 9.17) is 0 Å². The van der Waals surface area contributed by atoms with E-state index in [1.807, 2.05) is 42.5 Å². The number of anilines is 1. The van der Waals surface area contributed by atoms with E-state index >= 15 is 0 Å². The Morgan fingerprint density at radius 3 is 2.41 bits per heavy atom. The molecule has 3 aromatic rings. The zero-order valence-electron chi connectivity index (χ0n) is 15.3. The van der Waals surface area contributed by atoms with Crippen LogP contribution in [0, 0.1) is 10.1 Å². The average Bonchev–Trinajstić information content (AvgIpc) is 2.99. The van der Waals surface area contributed by atoms with Gasteiger partial charge in [-0.15, -0.1) is 0 Å². The van der Waals surface area contributed by atoms with Gasteiger partial charge >= 0.3 is 0 Å². The highest BCUT2D eigenvalue weighted by molar-refractivity contribution is 6.52. The molecule has 0 atom stereocenters. The first kappa shape index (κ1) is 18.3. The summed E-state index contributed by atoms with van der Waals surface area (Å²) in [4.78, 5) is 36.9. The molecule has 0 radical (unpaired) electrons. The van der Waals surface area contributed by atoms with Crippen molar-refractivity contribution in [3.8, 4) is 11.1 Å². The molecule has 0 spiro atoms. The Labute approximate surface area is 166 Å². The quantitative estimate of drug-likeness (QED) is 0.368. The lowest BCUT2D eigenvalue weighted by Gasteiger charge is -2.14. The van der Waals surface area contributed by atoms with Crippen molar-refractivity contribution in [1.82, 2.24) is 0 Å². The lowest BCUT2D eigenvalue weighted by atomic mass is 10.0. The van der Waals surface area contributed by atoms with Gasteiger partial charge in [0, 0.05) is 18.7 Å². The minimum Gasteiger partial charge on any atom is -0.301 e. The van der Waals surface area contributed by atoms with Gasteiger partial charge in [0.1, 0.15) is 0 Å². The number of nitro benzene ring substituents is 1. The molecule has 0 fully saturated rings. The standard InChI is InChI=1S/C23H16N2O4/c26-22-20-15-18(17-9-4-10-19(14-17)25(28)29)11-12-21(20)24(23(22)27)13-5-8-16-6-2-1-3-7-16/h1-12,14-15H,13H2. The molecule has 0 aromatic heterocycles. The van der Waals surface area contributed by atoms with Crippen molar-refractivity contribution in [2.75, 3.05) is 11.4 Å². The second-order valence-corrected chi connectivity index (χ2v) is 6.60. The monoisotopic (exact) mass is 384 g/mol. The van der Waals surface area contributed by atoms with Crippen LogP contribution in [0.1, 0.15) is 15.9 Å². The molecule has 0 aliphatic carbocycles. The summed E-state index contributed by atoms with van der Waals surface area (Å²) in [6, 6.07) is 21.0. The molecule has 0 N–H and O–H groups in total. The number of Topliss-reactive ketones (excluding diaryl/α,β-unsaturated/α-hetero) is 1. The third kappa shape index (κ3) is 3.55. The Bertz CT molecular complexity index is 1150. The predicted octanol–water partition coefficient (Wildman–Crippen LogP) is 4.50. The van der Waals surface area contributed by atoms with E-state index in [2.05, 4.69) is 0 Å². The molecule has 1 heterocycles. The van der Waals surface area contributed by atoms with Crippen LogP contribution in [0.3, 0.4) is 0 Å². The maximum absolute atomic E-state index is 12.5. The van der Waals surface area contributed by atoms with E-state index in [1.165, 1.54) is 17.0 Å². The van der Waals surface area contributed by atoms with Crippen molar-refractivity contribution >= 4 is 29.1 Å². The van der Waals surface area contributed by atoms with Crippen molar-refractivity contribution in [3.63, 3.8) is 0 Å².